The van der Waals surface area contributed by atoms with Crippen molar-refractivity contribution in [2.75, 3.05) is 25.1 Å². The summed E-state index contributed by atoms with van der Waals surface area (Å²) in [5.74, 6) is 1.43. The summed E-state index contributed by atoms with van der Waals surface area (Å²) in [7, 11) is 0. The van der Waals surface area contributed by atoms with Gasteiger partial charge in [-0.3, -0.25) is 9.69 Å². The molecule has 0 aromatic heterocycles. The van der Waals surface area contributed by atoms with Crippen molar-refractivity contribution >= 4 is 11.6 Å². The van der Waals surface area contributed by atoms with E-state index < -0.39 is 0 Å². The Bertz CT molecular complexity index is 806. The third-order valence-corrected chi connectivity index (χ3v) is 5.10. The van der Waals surface area contributed by atoms with Crippen molar-refractivity contribution in [3.8, 4) is 11.5 Å². The van der Waals surface area contributed by atoms with Gasteiger partial charge in [-0.15, -0.1) is 0 Å². The first-order valence-electron chi connectivity index (χ1n) is 9.22. The number of benzene rings is 2. The molecule has 0 spiro atoms. The summed E-state index contributed by atoms with van der Waals surface area (Å²) in [5, 5.41) is 3.02. The quantitative estimate of drug-likeness (QED) is 0.921. The highest BCUT2D eigenvalue weighted by molar-refractivity contribution is 5.94. The Kier molecular flexibility index (Phi) is 4.80. The zero-order chi connectivity index (χ0) is 17.9. The maximum atomic E-state index is 12.7. The van der Waals surface area contributed by atoms with Crippen molar-refractivity contribution in [3.05, 3.63) is 53.6 Å². The van der Waals surface area contributed by atoms with Gasteiger partial charge < -0.3 is 14.8 Å². The Balaban J connectivity index is 1.43. The molecule has 1 N–H and O–H groups in total. The van der Waals surface area contributed by atoms with Crippen LogP contribution in [0.15, 0.2) is 42.5 Å². The van der Waals surface area contributed by atoms with E-state index in [2.05, 4.69) is 34.5 Å². The lowest BCUT2D eigenvalue weighted by Gasteiger charge is -2.32. The Labute approximate surface area is 153 Å². The molecule has 0 radical (unpaired) electrons. The molecule has 136 valence electrons. The fourth-order valence-electron chi connectivity index (χ4n) is 3.50. The van der Waals surface area contributed by atoms with Gasteiger partial charge in [-0.1, -0.05) is 24.3 Å². The van der Waals surface area contributed by atoms with Gasteiger partial charge in [0, 0.05) is 31.3 Å². The fourth-order valence-corrected chi connectivity index (χ4v) is 3.50. The molecule has 1 unspecified atom stereocenters. The van der Waals surface area contributed by atoms with E-state index in [0.717, 1.165) is 37.4 Å². The highest BCUT2D eigenvalue weighted by Gasteiger charge is 2.25. The first-order valence-corrected chi connectivity index (χ1v) is 9.22. The number of ether oxygens (including phenoxy) is 2. The van der Waals surface area contributed by atoms with Crippen LogP contribution in [0.5, 0.6) is 11.5 Å². The first-order chi connectivity index (χ1) is 12.7. The number of nitrogens with one attached hydrogen (secondary N) is 1. The topological polar surface area (TPSA) is 50.8 Å². The van der Waals surface area contributed by atoms with Gasteiger partial charge >= 0.3 is 0 Å². The number of fused-ring (bicyclic) bond motifs is 2. The van der Waals surface area contributed by atoms with Gasteiger partial charge in [-0.05, 0) is 36.6 Å². The van der Waals surface area contributed by atoms with Gasteiger partial charge in [-0.25, -0.2) is 0 Å². The Morgan fingerprint density at radius 2 is 1.85 bits per heavy atom. The zero-order valence-corrected chi connectivity index (χ0v) is 15.0. The lowest BCUT2D eigenvalue weighted by atomic mass is 9.99. The van der Waals surface area contributed by atoms with E-state index in [1.54, 1.807) is 0 Å². The SMILES string of the molecule is CC(C(=O)Nc1ccc2c(c1)OCCCO2)N1CCc2ccccc2C1. The number of rotatable bonds is 3. The van der Waals surface area contributed by atoms with E-state index >= 15 is 0 Å². The van der Waals surface area contributed by atoms with Gasteiger partial charge in [0.25, 0.3) is 0 Å². The van der Waals surface area contributed by atoms with E-state index in [1.807, 2.05) is 25.1 Å². The molecule has 0 saturated heterocycles. The molecule has 1 amide bonds. The lowest BCUT2D eigenvalue weighted by Crippen LogP contribution is -2.44. The predicted octanol–water partition coefficient (Wildman–Crippen LogP) is 3.23. The third-order valence-electron chi connectivity index (χ3n) is 5.10. The number of amides is 1. The minimum Gasteiger partial charge on any atom is -0.490 e. The highest BCUT2D eigenvalue weighted by atomic mass is 16.5. The lowest BCUT2D eigenvalue weighted by molar-refractivity contribution is -0.121. The second-order valence-electron chi connectivity index (χ2n) is 6.87. The van der Waals surface area contributed by atoms with Gasteiger partial charge in [0.15, 0.2) is 11.5 Å². The molecule has 2 aromatic rings. The third kappa shape index (κ3) is 3.53. The van der Waals surface area contributed by atoms with Gasteiger partial charge in [-0.2, -0.15) is 0 Å². The van der Waals surface area contributed by atoms with Crippen LogP contribution in [0.3, 0.4) is 0 Å². The van der Waals surface area contributed by atoms with Crippen LogP contribution in [0.2, 0.25) is 0 Å². The second-order valence-corrected chi connectivity index (χ2v) is 6.87. The largest absolute Gasteiger partial charge is 0.490 e. The van der Waals surface area contributed by atoms with Crippen molar-refractivity contribution in [3.63, 3.8) is 0 Å². The molecule has 5 heteroatoms. The Morgan fingerprint density at radius 1 is 1.08 bits per heavy atom. The maximum absolute atomic E-state index is 12.7. The number of hydrogen-bond donors (Lipinski definition) is 1. The molecule has 2 heterocycles. The summed E-state index contributed by atoms with van der Waals surface area (Å²) >= 11 is 0. The van der Waals surface area contributed by atoms with E-state index in [9.17, 15) is 4.79 Å². The van der Waals surface area contributed by atoms with Crippen LogP contribution in [0.1, 0.15) is 24.5 Å². The molecule has 0 aliphatic carbocycles. The molecule has 5 nitrogen and oxygen atoms in total. The maximum Gasteiger partial charge on any atom is 0.241 e. The number of anilines is 1. The number of hydrogen-bond acceptors (Lipinski definition) is 4. The predicted molar refractivity (Wildman–Crippen MR) is 101 cm³/mol. The molecule has 2 aliphatic rings. The average Bonchev–Trinajstić information content (AvgIpc) is 2.92. The fraction of sp³-hybridized carbons (Fsp3) is 0.381. The summed E-state index contributed by atoms with van der Waals surface area (Å²) in [4.78, 5) is 15.0. The van der Waals surface area contributed by atoms with Crippen molar-refractivity contribution in [2.45, 2.75) is 32.4 Å². The molecule has 4 rings (SSSR count). The average molecular weight is 352 g/mol. The summed E-state index contributed by atoms with van der Waals surface area (Å²) in [6.07, 6.45) is 1.85. The van der Waals surface area contributed by atoms with E-state index in [1.165, 1.54) is 11.1 Å². The second kappa shape index (κ2) is 7.38. The van der Waals surface area contributed by atoms with Crippen LogP contribution in [0.4, 0.5) is 5.69 Å². The van der Waals surface area contributed by atoms with Gasteiger partial charge in [0.05, 0.1) is 19.3 Å². The number of carbonyl (C=O) groups is 1. The van der Waals surface area contributed by atoms with Crippen molar-refractivity contribution in [1.29, 1.82) is 0 Å². The smallest absolute Gasteiger partial charge is 0.241 e. The highest BCUT2D eigenvalue weighted by Crippen LogP contribution is 2.32. The van der Waals surface area contributed by atoms with E-state index in [-0.39, 0.29) is 11.9 Å². The number of carbonyl (C=O) groups excluding carboxylic acids is 1. The molecular weight excluding hydrogens is 328 g/mol. The molecule has 2 aliphatic heterocycles. The summed E-state index contributed by atoms with van der Waals surface area (Å²) in [6, 6.07) is 13.8. The van der Waals surface area contributed by atoms with Crippen molar-refractivity contribution in [2.24, 2.45) is 0 Å². The summed E-state index contributed by atoms with van der Waals surface area (Å²) in [6.45, 7) is 4.96. The van der Waals surface area contributed by atoms with Crippen LogP contribution in [-0.4, -0.2) is 36.6 Å². The minimum atomic E-state index is -0.195. The monoisotopic (exact) mass is 352 g/mol. The Hall–Kier alpha value is -2.53. The molecule has 0 fully saturated rings. The van der Waals surface area contributed by atoms with Crippen molar-refractivity contribution in [1.82, 2.24) is 4.90 Å². The van der Waals surface area contributed by atoms with Crippen LogP contribution in [0, 0.1) is 0 Å². The summed E-state index contributed by atoms with van der Waals surface area (Å²) in [5.41, 5.74) is 3.44. The molecule has 2 aromatic carbocycles. The van der Waals surface area contributed by atoms with Crippen LogP contribution in [0.25, 0.3) is 0 Å². The van der Waals surface area contributed by atoms with Crippen LogP contribution < -0.4 is 14.8 Å². The van der Waals surface area contributed by atoms with E-state index in [4.69, 9.17) is 9.47 Å². The summed E-state index contributed by atoms with van der Waals surface area (Å²) < 4.78 is 11.3. The molecule has 0 saturated carbocycles. The first kappa shape index (κ1) is 16.9. The van der Waals surface area contributed by atoms with Crippen molar-refractivity contribution < 1.29 is 14.3 Å². The number of nitrogens with zero attached hydrogens (tertiary/aromatic N) is 1. The normalized spacial score (nSPS) is 17.7. The Morgan fingerprint density at radius 3 is 2.69 bits per heavy atom. The van der Waals surface area contributed by atoms with E-state index in [0.29, 0.717) is 19.0 Å². The molecule has 1 atom stereocenters. The molecule has 26 heavy (non-hydrogen) atoms. The van der Waals surface area contributed by atoms with Gasteiger partial charge in [0.2, 0.25) is 5.91 Å². The standard InChI is InChI=1S/C21H24N2O3/c1-15(23-10-9-16-5-2-3-6-17(16)14-23)21(24)22-18-7-8-19-20(13-18)26-12-4-11-25-19/h2-3,5-8,13,15H,4,9-12,14H2,1H3,(H,22,24). The minimum absolute atomic E-state index is 0.00104. The molecular formula is C21H24N2O3. The van der Waals surface area contributed by atoms with Gasteiger partial charge in [0.1, 0.15) is 0 Å². The van der Waals surface area contributed by atoms with Crippen LogP contribution >= 0.6 is 0 Å². The molecule has 0 bridgehead atoms. The van der Waals surface area contributed by atoms with Crippen LogP contribution in [-0.2, 0) is 17.8 Å². The zero-order valence-electron chi connectivity index (χ0n) is 15.0.